The second-order valence-electron chi connectivity index (χ2n) is 7.91. The van der Waals surface area contributed by atoms with Crippen molar-refractivity contribution in [1.29, 1.82) is 0 Å². The second-order valence-corrected chi connectivity index (χ2v) is 8.35. The summed E-state index contributed by atoms with van der Waals surface area (Å²) in [5.74, 6) is -3.52. The summed E-state index contributed by atoms with van der Waals surface area (Å²) in [6, 6.07) is 18.0. The van der Waals surface area contributed by atoms with Crippen LogP contribution in [-0.4, -0.2) is 15.7 Å². The van der Waals surface area contributed by atoms with Gasteiger partial charge in [0.1, 0.15) is 12.4 Å². The van der Waals surface area contributed by atoms with Crippen LogP contribution in [0.2, 0.25) is 5.02 Å². The number of rotatable bonds is 8. The Morgan fingerprint density at radius 3 is 2.54 bits per heavy atom. The molecular weight excluding hydrogens is 479 g/mol. The molecule has 1 heterocycles. The van der Waals surface area contributed by atoms with E-state index < -0.39 is 17.5 Å². The molecule has 3 aromatic carbocycles. The monoisotopic (exact) mass is 499 g/mol. The number of benzene rings is 3. The third-order valence-electron chi connectivity index (χ3n) is 5.30. The van der Waals surface area contributed by atoms with E-state index in [2.05, 4.69) is 10.4 Å². The lowest BCUT2D eigenvalue weighted by molar-refractivity contribution is -0.115. The van der Waals surface area contributed by atoms with E-state index in [-0.39, 0.29) is 31.0 Å². The summed E-state index contributed by atoms with van der Waals surface area (Å²) in [5, 5.41) is 7.69. The summed E-state index contributed by atoms with van der Waals surface area (Å²) in [6.45, 7) is 1.77. The van der Waals surface area contributed by atoms with Gasteiger partial charge in [0.25, 0.3) is 0 Å². The number of hydrogen-bond acceptors (Lipinski definition) is 3. The predicted molar refractivity (Wildman–Crippen MR) is 127 cm³/mol. The van der Waals surface area contributed by atoms with Crippen molar-refractivity contribution in [2.24, 2.45) is 0 Å². The van der Waals surface area contributed by atoms with Crippen molar-refractivity contribution in [3.8, 4) is 5.75 Å². The molecule has 0 spiro atoms. The van der Waals surface area contributed by atoms with Crippen molar-refractivity contribution in [3.63, 3.8) is 0 Å². The van der Waals surface area contributed by atoms with Crippen LogP contribution in [0.1, 0.15) is 22.4 Å². The van der Waals surface area contributed by atoms with E-state index in [1.54, 1.807) is 28.9 Å². The minimum Gasteiger partial charge on any atom is -0.488 e. The first kappa shape index (κ1) is 24.3. The molecule has 1 amide bonds. The van der Waals surface area contributed by atoms with Crippen LogP contribution in [0.5, 0.6) is 5.75 Å². The first-order valence-electron chi connectivity index (χ1n) is 10.7. The highest BCUT2D eigenvalue weighted by atomic mass is 35.5. The van der Waals surface area contributed by atoms with Crippen molar-refractivity contribution in [2.45, 2.75) is 26.5 Å². The highest BCUT2D eigenvalue weighted by molar-refractivity contribution is 6.30. The van der Waals surface area contributed by atoms with Gasteiger partial charge >= 0.3 is 0 Å². The smallest absolute Gasteiger partial charge is 0.229 e. The molecule has 4 aromatic rings. The third kappa shape index (κ3) is 6.02. The summed E-state index contributed by atoms with van der Waals surface area (Å²) < 4.78 is 48.1. The molecule has 0 aliphatic carbocycles. The Labute approximate surface area is 205 Å². The van der Waals surface area contributed by atoms with Crippen LogP contribution >= 0.6 is 11.6 Å². The number of amides is 1. The average molecular weight is 500 g/mol. The zero-order chi connectivity index (χ0) is 24.9. The molecule has 0 aliphatic rings. The Bertz CT molecular complexity index is 1360. The van der Waals surface area contributed by atoms with Crippen LogP contribution < -0.4 is 10.1 Å². The van der Waals surface area contributed by atoms with Crippen molar-refractivity contribution < 1.29 is 22.7 Å². The van der Waals surface area contributed by atoms with Crippen LogP contribution in [0.25, 0.3) is 0 Å². The van der Waals surface area contributed by atoms with Crippen molar-refractivity contribution in [1.82, 2.24) is 9.78 Å². The number of carbonyl (C=O) groups is 1. The van der Waals surface area contributed by atoms with Crippen LogP contribution in [-0.2, 0) is 24.4 Å². The molecule has 9 heteroatoms. The number of halogens is 4. The fraction of sp³-hybridized carbons (Fsp3) is 0.154. The van der Waals surface area contributed by atoms with E-state index in [1.165, 1.54) is 0 Å². The normalized spacial score (nSPS) is 10.9. The molecule has 0 fully saturated rings. The van der Waals surface area contributed by atoms with Gasteiger partial charge in [-0.15, -0.1) is 0 Å². The van der Waals surface area contributed by atoms with Crippen LogP contribution in [0.15, 0.2) is 66.7 Å². The Morgan fingerprint density at radius 1 is 1.00 bits per heavy atom. The molecule has 35 heavy (non-hydrogen) atoms. The van der Waals surface area contributed by atoms with Crippen LogP contribution in [0.3, 0.4) is 0 Å². The molecule has 0 radical (unpaired) electrons. The van der Waals surface area contributed by atoms with E-state index >= 15 is 0 Å². The molecule has 180 valence electrons. The molecule has 0 bridgehead atoms. The number of carbonyl (C=O) groups excluding carboxylic acids is 1. The third-order valence-corrected chi connectivity index (χ3v) is 5.53. The zero-order valence-corrected chi connectivity index (χ0v) is 19.5. The maximum absolute atomic E-state index is 14.0. The largest absolute Gasteiger partial charge is 0.488 e. The Kier molecular flexibility index (Phi) is 7.41. The van der Waals surface area contributed by atoms with Gasteiger partial charge in [0.2, 0.25) is 5.91 Å². The molecular formula is C26H21ClF3N3O2. The zero-order valence-electron chi connectivity index (χ0n) is 18.7. The van der Waals surface area contributed by atoms with Gasteiger partial charge in [-0.2, -0.15) is 5.10 Å². The highest BCUT2D eigenvalue weighted by Gasteiger charge is 2.16. The molecule has 0 aliphatic heterocycles. The summed E-state index contributed by atoms with van der Waals surface area (Å²) in [6.07, 6.45) is 0.222. The molecule has 0 saturated heterocycles. The number of anilines is 1. The number of ether oxygens (including phenoxy) is 1. The molecule has 0 atom stereocenters. The van der Waals surface area contributed by atoms with Gasteiger partial charge in [-0.05, 0) is 42.8 Å². The van der Waals surface area contributed by atoms with Crippen LogP contribution in [0.4, 0.5) is 19.0 Å². The minimum absolute atomic E-state index is 0.122. The molecule has 1 N–H and O–H groups in total. The fourth-order valence-electron chi connectivity index (χ4n) is 3.51. The molecule has 0 saturated carbocycles. The van der Waals surface area contributed by atoms with Gasteiger partial charge in [-0.25, -0.2) is 13.2 Å². The molecule has 4 rings (SSSR count). The van der Waals surface area contributed by atoms with Crippen LogP contribution in [0, 0.1) is 24.4 Å². The van der Waals surface area contributed by atoms with Gasteiger partial charge in [0.05, 0.1) is 13.0 Å². The van der Waals surface area contributed by atoms with Gasteiger partial charge in [0, 0.05) is 27.9 Å². The first-order chi connectivity index (χ1) is 16.8. The summed E-state index contributed by atoms with van der Waals surface area (Å²) in [5.41, 5.74) is 2.18. The number of aromatic nitrogens is 2. The lowest BCUT2D eigenvalue weighted by Gasteiger charge is -2.14. The van der Waals surface area contributed by atoms with E-state index in [0.29, 0.717) is 22.2 Å². The molecule has 1 aromatic heterocycles. The maximum atomic E-state index is 14.0. The van der Waals surface area contributed by atoms with E-state index in [4.69, 9.17) is 16.3 Å². The number of hydrogen-bond donors (Lipinski definition) is 1. The quantitative estimate of drug-likeness (QED) is 0.299. The summed E-state index contributed by atoms with van der Waals surface area (Å²) in [7, 11) is 0. The highest BCUT2D eigenvalue weighted by Crippen LogP contribution is 2.26. The van der Waals surface area contributed by atoms with Gasteiger partial charge in [-0.3, -0.25) is 9.48 Å². The van der Waals surface area contributed by atoms with Crippen molar-refractivity contribution in [3.05, 3.63) is 112 Å². The maximum Gasteiger partial charge on any atom is 0.229 e. The standard InChI is InChI=1S/C26H21ClF3N3O2/c1-16-11-23(31-24(34)12-17-5-3-2-4-6-17)32-33(16)14-19-13-20(27)8-10-22(19)35-15-18-7-9-21(28)26(30)25(18)29/h2-11,13H,12,14-15H2,1H3,(H,31,32,34). The SMILES string of the molecule is Cc1cc(NC(=O)Cc2ccccc2)nn1Cc1cc(Cl)ccc1OCc1ccc(F)c(F)c1F. The Hall–Kier alpha value is -3.78. The number of aryl methyl sites for hydroxylation is 1. The Morgan fingerprint density at radius 2 is 1.77 bits per heavy atom. The van der Waals surface area contributed by atoms with Gasteiger partial charge < -0.3 is 10.1 Å². The predicted octanol–water partition coefficient (Wildman–Crippen LogP) is 6.07. The van der Waals surface area contributed by atoms with Crippen molar-refractivity contribution >= 4 is 23.3 Å². The summed E-state index contributed by atoms with van der Waals surface area (Å²) >= 11 is 6.16. The fourth-order valence-corrected chi connectivity index (χ4v) is 3.70. The lowest BCUT2D eigenvalue weighted by Crippen LogP contribution is -2.15. The van der Waals surface area contributed by atoms with E-state index in [0.717, 1.165) is 23.4 Å². The topological polar surface area (TPSA) is 56.2 Å². The minimum atomic E-state index is -1.54. The summed E-state index contributed by atoms with van der Waals surface area (Å²) in [4.78, 5) is 12.4. The Balaban J connectivity index is 1.47. The first-order valence-corrected chi connectivity index (χ1v) is 11.1. The number of nitrogens with zero attached hydrogens (tertiary/aromatic N) is 2. The number of nitrogens with one attached hydrogen (secondary N) is 1. The van der Waals surface area contributed by atoms with E-state index in [9.17, 15) is 18.0 Å². The molecule has 0 unspecified atom stereocenters. The van der Waals surface area contributed by atoms with Crippen molar-refractivity contribution in [2.75, 3.05) is 5.32 Å². The van der Waals surface area contributed by atoms with Gasteiger partial charge in [-0.1, -0.05) is 41.9 Å². The average Bonchev–Trinajstić information content (AvgIpc) is 3.16. The van der Waals surface area contributed by atoms with Gasteiger partial charge in [0.15, 0.2) is 23.3 Å². The molecule has 5 nitrogen and oxygen atoms in total. The second kappa shape index (κ2) is 10.7. The lowest BCUT2D eigenvalue weighted by atomic mass is 10.1. The van der Waals surface area contributed by atoms with E-state index in [1.807, 2.05) is 37.3 Å².